The van der Waals surface area contributed by atoms with E-state index in [-0.39, 0.29) is 26.2 Å². The molecule has 0 aromatic heterocycles. The number of rotatable bonds is 9. The number of anilines is 1. The minimum absolute atomic E-state index is 0.169. The lowest BCUT2D eigenvalue weighted by molar-refractivity contribution is -0.243. The molecule has 2 fully saturated rings. The molecule has 1 unspecified atom stereocenters. The molecule has 0 spiro atoms. The van der Waals surface area contributed by atoms with Crippen molar-refractivity contribution in [2.24, 2.45) is 0 Å². The molecule has 0 radical (unpaired) electrons. The SMILES string of the molecule is CCC(=O)O[C@H]1[C@H](OCc2ccccc2)[C@H]2OC(CNC(=O)Nc3cccc(F)c3)C[C@H]2O[C@@H]1CO. The van der Waals surface area contributed by atoms with E-state index in [4.69, 9.17) is 18.9 Å². The number of amides is 2. The molecular weight excluding hydrogens is 471 g/mol. The summed E-state index contributed by atoms with van der Waals surface area (Å²) in [6.45, 7) is 1.77. The average Bonchev–Trinajstić information content (AvgIpc) is 3.29. The number of ether oxygens (including phenoxy) is 4. The highest BCUT2D eigenvalue weighted by Gasteiger charge is 2.53. The molecule has 36 heavy (non-hydrogen) atoms. The second-order valence-electron chi connectivity index (χ2n) is 8.77. The fourth-order valence-corrected chi connectivity index (χ4v) is 4.44. The third-order valence-corrected chi connectivity index (χ3v) is 6.17. The van der Waals surface area contributed by atoms with Crippen molar-refractivity contribution in [2.75, 3.05) is 18.5 Å². The van der Waals surface area contributed by atoms with Crippen LogP contribution in [0.4, 0.5) is 14.9 Å². The molecule has 194 valence electrons. The maximum atomic E-state index is 13.4. The highest BCUT2D eigenvalue weighted by Crippen LogP contribution is 2.36. The molecule has 0 saturated carbocycles. The van der Waals surface area contributed by atoms with Gasteiger partial charge in [-0.05, 0) is 23.8 Å². The van der Waals surface area contributed by atoms with Gasteiger partial charge in [0.15, 0.2) is 6.10 Å². The van der Waals surface area contributed by atoms with E-state index < -0.39 is 54.4 Å². The number of hydrogen-bond acceptors (Lipinski definition) is 7. The smallest absolute Gasteiger partial charge is 0.319 e. The summed E-state index contributed by atoms with van der Waals surface area (Å²) in [5.74, 6) is -0.884. The van der Waals surface area contributed by atoms with Gasteiger partial charge in [-0.1, -0.05) is 43.3 Å². The van der Waals surface area contributed by atoms with Crippen molar-refractivity contribution >= 4 is 17.7 Å². The summed E-state index contributed by atoms with van der Waals surface area (Å²) in [5.41, 5.74) is 1.27. The molecule has 3 N–H and O–H groups in total. The zero-order chi connectivity index (χ0) is 25.5. The van der Waals surface area contributed by atoms with E-state index in [0.29, 0.717) is 12.1 Å². The highest BCUT2D eigenvalue weighted by molar-refractivity contribution is 5.89. The van der Waals surface area contributed by atoms with E-state index in [0.717, 1.165) is 5.56 Å². The van der Waals surface area contributed by atoms with Crippen LogP contribution in [0.5, 0.6) is 0 Å². The van der Waals surface area contributed by atoms with E-state index in [1.165, 1.54) is 18.2 Å². The van der Waals surface area contributed by atoms with Crippen LogP contribution in [0.25, 0.3) is 0 Å². The first-order valence-corrected chi connectivity index (χ1v) is 12.0. The van der Waals surface area contributed by atoms with Crippen molar-refractivity contribution in [1.29, 1.82) is 0 Å². The lowest BCUT2D eigenvalue weighted by Crippen LogP contribution is -2.59. The highest BCUT2D eigenvalue weighted by atomic mass is 19.1. The summed E-state index contributed by atoms with van der Waals surface area (Å²) in [6, 6.07) is 14.6. The molecule has 10 heteroatoms. The minimum atomic E-state index is -0.851. The summed E-state index contributed by atoms with van der Waals surface area (Å²) >= 11 is 0. The third-order valence-electron chi connectivity index (χ3n) is 6.17. The normalized spacial score (nSPS) is 27.2. The number of aliphatic hydroxyl groups excluding tert-OH is 1. The van der Waals surface area contributed by atoms with Crippen molar-refractivity contribution in [1.82, 2.24) is 5.32 Å². The molecule has 4 rings (SSSR count). The maximum absolute atomic E-state index is 13.4. The quantitative estimate of drug-likeness (QED) is 0.452. The Bertz CT molecular complexity index is 1020. The van der Waals surface area contributed by atoms with Gasteiger partial charge in [0.25, 0.3) is 0 Å². The summed E-state index contributed by atoms with van der Waals surface area (Å²) in [6.07, 6.45) is -3.07. The van der Waals surface area contributed by atoms with Crippen molar-refractivity contribution in [3.8, 4) is 0 Å². The molecule has 2 aliphatic rings. The topological polar surface area (TPSA) is 115 Å². The van der Waals surface area contributed by atoms with Crippen LogP contribution in [0.2, 0.25) is 0 Å². The van der Waals surface area contributed by atoms with E-state index in [2.05, 4.69) is 10.6 Å². The molecule has 2 aromatic rings. The molecule has 2 heterocycles. The van der Waals surface area contributed by atoms with Crippen molar-refractivity contribution in [2.45, 2.75) is 63.0 Å². The Morgan fingerprint density at radius 2 is 1.92 bits per heavy atom. The van der Waals surface area contributed by atoms with Gasteiger partial charge in [0, 0.05) is 25.1 Å². The fourth-order valence-electron chi connectivity index (χ4n) is 4.44. The number of esters is 1. The van der Waals surface area contributed by atoms with Crippen LogP contribution in [0, 0.1) is 5.82 Å². The summed E-state index contributed by atoms with van der Waals surface area (Å²) in [4.78, 5) is 24.4. The van der Waals surface area contributed by atoms with Crippen LogP contribution in [0.3, 0.4) is 0 Å². The van der Waals surface area contributed by atoms with Crippen LogP contribution in [-0.4, -0.2) is 66.9 Å². The zero-order valence-corrected chi connectivity index (χ0v) is 20.0. The number of carbonyl (C=O) groups excluding carboxylic acids is 2. The van der Waals surface area contributed by atoms with Crippen molar-refractivity contribution in [3.63, 3.8) is 0 Å². The van der Waals surface area contributed by atoms with Gasteiger partial charge >= 0.3 is 12.0 Å². The van der Waals surface area contributed by atoms with E-state index in [9.17, 15) is 19.1 Å². The third kappa shape index (κ3) is 6.58. The second kappa shape index (κ2) is 12.3. The maximum Gasteiger partial charge on any atom is 0.319 e. The van der Waals surface area contributed by atoms with Crippen LogP contribution >= 0.6 is 0 Å². The Labute approximate surface area is 208 Å². The summed E-state index contributed by atoms with van der Waals surface area (Å²) < 4.78 is 37.4. The second-order valence-corrected chi connectivity index (χ2v) is 8.77. The van der Waals surface area contributed by atoms with Gasteiger partial charge in [-0.25, -0.2) is 9.18 Å². The van der Waals surface area contributed by atoms with Gasteiger partial charge in [-0.15, -0.1) is 0 Å². The molecule has 9 nitrogen and oxygen atoms in total. The Morgan fingerprint density at radius 1 is 1.11 bits per heavy atom. The van der Waals surface area contributed by atoms with E-state index >= 15 is 0 Å². The van der Waals surface area contributed by atoms with Gasteiger partial charge in [-0.3, -0.25) is 4.79 Å². The van der Waals surface area contributed by atoms with E-state index in [1.54, 1.807) is 13.0 Å². The molecule has 6 atom stereocenters. The predicted octanol–water partition coefficient (Wildman–Crippen LogP) is 2.77. The van der Waals surface area contributed by atoms with E-state index in [1.807, 2.05) is 30.3 Å². The first-order chi connectivity index (χ1) is 17.5. The van der Waals surface area contributed by atoms with Gasteiger partial charge in [0.1, 0.15) is 24.1 Å². The number of carbonyl (C=O) groups is 2. The van der Waals surface area contributed by atoms with Gasteiger partial charge in [0.05, 0.1) is 25.4 Å². The number of halogens is 1. The summed E-state index contributed by atoms with van der Waals surface area (Å²) in [5, 5.41) is 15.3. The van der Waals surface area contributed by atoms with Crippen LogP contribution in [0.15, 0.2) is 54.6 Å². The number of benzene rings is 2. The fraction of sp³-hybridized carbons (Fsp3) is 0.462. The first kappa shape index (κ1) is 26.0. The van der Waals surface area contributed by atoms with Crippen LogP contribution < -0.4 is 10.6 Å². The lowest BCUT2D eigenvalue weighted by atomic mass is 9.94. The molecule has 2 aliphatic heterocycles. The number of nitrogens with one attached hydrogen (secondary N) is 2. The van der Waals surface area contributed by atoms with Crippen LogP contribution in [-0.2, 0) is 30.3 Å². The standard InChI is InChI=1S/C26H31FN2O7/c1-2-22(31)36-24-21(14-30)35-20-12-19(13-28-26(32)29-18-10-6-9-17(27)11-18)34-23(20)25(24)33-15-16-7-4-3-5-8-16/h3-11,19-21,23-25,30H,2,12-15H2,1H3,(H2,28,29,32)/t19?,20-,21-,23+,24-,25-/m1/s1. The number of fused-ring (bicyclic) bond motifs is 1. The number of aliphatic hydroxyl groups is 1. The number of hydrogen-bond donors (Lipinski definition) is 3. The molecule has 2 aromatic carbocycles. The molecule has 2 saturated heterocycles. The van der Waals surface area contributed by atoms with Crippen molar-refractivity contribution in [3.05, 3.63) is 66.0 Å². The Balaban J connectivity index is 1.41. The Hall–Kier alpha value is -3.05. The van der Waals surface area contributed by atoms with Gasteiger partial charge in [0.2, 0.25) is 0 Å². The summed E-state index contributed by atoms with van der Waals surface area (Å²) in [7, 11) is 0. The van der Waals surface area contributed by atoms with Gasteiger partial charge in [-0.2, -0.15) is 0 Å². The largest absolute Gasteiger partial charge is 0.457 e. The lowest BCUT2D eigenvalue weighted by Gasteiger charge is -2.42. The van der Waals surface area contributed by atoms with Crippen molar-refractivity contribution < 1.29 is 38.0 Å². The predicted molar refractivity (Wildman–Crippen MR) is 128 cm³/mol. The van der Waals surface area contributed by atoms with Gasteiger partial charge < -0.3 is 34.7 Å². The minimum Gasteiger partial charge on any atom is -0.457 e. The molecule has 2 amide bonds. The molecule has 0 aliphatic carbocycles. The monoisotopic (exact) mass is 502 g/mol. The Morgan fingerprint density at radius 3 is 2.64 bits per heavy atom. The average molecular weight is 503 g/mol. The number of urea groups is 1. The van der Waals surface area contributed by atoms with Crippen LogP contribution in [0.1, 0.15) is 25.3 Å². The zero-order valence-electron chi connectivity index (χ0n) is 20.0. The molecular formula is C26H31FN2O7. The molecule has 0 bridgehead atoms. The Kier molecular flexibility index (Phi) is 8.87. The first-order valence-electron chi connectivity index (χ1n) is 12.0.